The van der Waals surface area contributed by atoms with Crippen molar-refractivity contribution in [2.24, 2.45) is 23.7 Å². The van der Waals surface area contributed by atoms with E-state index in [1.807, 2.05) is 12.2 Å². The van der Waals surface area contributed by atoms with E-state index in [4.69, 9.17) is 0 Å². The van der Waals surface area contributed by atoms with Gasteiger partial charge in [0, 0.05) is 17.6 Å². The lowest BCUT2D eigenvalue weighted by Gasteiger charge is -2.28. The number of fused-ring (bicyclic) bond motifs is 2. The van der Waals surface area contributed by atoms with E-state index in [-0.39, 0.29) is 17.7 Å². The summed E-state index contributed by atoms with van der Waals surface area (Å²) < 4.78 is 13.3. The molecule has 2 aliphatic carbocycles. The Kier molecular flexibility index (Phi) is 3.27. The summed E-state index contributed by atoms with van der Waals surface area (Å²) in [5.41, 5.74) is 1.11. The minimum absolute atomic E-state index is 0.0771. The summed E-state index contributed by atoms with van der Waals surface area (Å²) in [4.78, 5) is 23.7. The lowest BCUT2D eigenvalue weighted by Crippen LogP contribution is -2.42. The molecule has 21 heavy (non-hydrogen) atoms. The highest BCUT2D eigenvalue weighted by molar-refractivity contribution is 5.96. The van der Waals surface area contributed by atoms with Gasteiger partial charge in [-0.3, -0.25) is 4.79 Å². The summed E-state index contributed by atoms with van der Waals surface area (Å²) in [5.74, 6) is -3.67. The third kappa shape index (κ3) is 2.33. The number of carboxylic acid groups (broad SMARTS) is 1. The number of anilines is 1. The first-order valence-electron chi connectivity index (χ1n) is 6.93. The Morgan fingerprint density at radius 3 is 2.57 bits per heavy atom. The van der Waals surface area contributed by atoms with Crippen LogP contribution in [-0.4, -0.2) is 11.9 Å². The van der Waals surface area contributed by atoms with Gasteiger partial charge in [-0.15, -0.1) is 0 Å². The zero-order valence-corrected chi connectivity index (χ0v) is 11.5. The van der Waals surface area contributed by atoms with Crippen molar-refractivity contribution in [2.45, 2.75) is 13.3 Å². The maximum Gasteiger partial charge on any atom is 0.228 e. The second kappa shape index (κ2) is 4.98. The topological polar surface area (TPSA) is 69.2 Å². The van der Waals surface area contributed by atoms with Gasteiger partial charge in [-0.1, -0.05) is 18.2 Å². The SMILES string of the molecule is Cc1ccc(F)cc1NC(=O)[C@H]1[C@@H](C(=O)[O-])[C@H]2C=C[C@H]1C2. The molecule has 1 aromatic rings. The minimum atomic E-state index is -1.19. The van der Waals surface area contributed by atoms with Crippen LogP contribution in [0.3, 0.4) is 0 Å². The number of carboxylic acids is 1. The Labute approximate surface area is 121 Å². The van der Waals surface area contributed by atoms with Gasteiger partial charge in [0.15, 0.2) is 0 Å². The molecule has 1 fully saturated rings. The van der Waals surface area contributed by atoms with Crippen molar-refractivity contribution < 1.29 is 19.1 Å². The van der Waals surface area contributed by atoms with Gasteiger partial charge in [-0.2, -0.15) is 0 Å². The van der Waals surface area contributed by atoms with Crippen molar-refractivity contribution in [1.29, 1.82) is 0 Å². The standard InChI is InChI=1S/C16H16FNO3/c1-8-2-5-11(17)7-12(8)18-15(19)13-9-3-4-10(6-9)14(13)16(20)21/h2-5,7,9-10,13-14H,6H2,1H3,(H,18,19)(H,20,21)/p-1/t9-,10-,13+,14-/m0/s1. The Hall–Kier alpha value is -2.17. The lowest BCUT2D eigenvalue weighted by molar-refractivity contribution is -0.313. The summed E-state index contributed by atoms with van der Waals surface area (Å²) in [5, 5.41) is 14.0. The number of aryl methyl sites for hydroxylation is 1. The van der Waals surface area contributed by atoms with E-state index in [0.29, 0.717) is 12.1 Å². The number of rotatable bonds is 3. The number of carbonyl (C=O) groups is 2. The monoisotopic (exact) mass is 288 g/mol. The fraction of sp³-hybridized carbons (Fsp3) is 0.375. The summed E-state index contributed by atoms with van der Waals surface area (Å²) in [6.45, 7) is 1.76. The Morgan fingerprint density at radius 2 is 1.90 bits per heavy atom. The molecular formula is C16H15FNO3-. The van der Waals surface area contributed by atoms with E-state index < -0.39 is 23.6 Å². The Bertz CT molecular complexity index is 640. The van der Waals surface area contributed by atoms with Gasteiger partial charge in [0.2, 0.25) is 5.91 Å². The Balaban J connectivity index is 1.83. The summed E-state index contributed by atoms with van der Waals surface area (Å²) in [6, 6.07) is 4.13. The first kappa shape index (κ1) is 13.8. The molecule has 110 valence electrons. The highest BCUT2D eigenvalue weighted by Gasteiger charge is 2.48. The first-order chi connectivity index (χ1) is 9.97. The van der Waals surface area contributed by atoms with Gasteiger partial charge in [0.25, 0.3) is 0 Å². The number of aliphatic carboxylic acids is 1. The second-order valence-corrected chi connectivity index (χ2v) is 5.77. The van der Waals surface area contributed by atoms with Crippen LogP contribution in [-0.2, 0) is 9.59 Å². The van der Waals surface area contributed by atoms with Crippen LogP contribution >= 0.6 is 0 Å². The normalized spacial score (nSPS) is 29.6. The molecule has 1 N–H and O–H groups in total. The van der Waals surface area contributed by atoms with Crippen LogP contribution < -0.4 is 10.4 Å². The van der Waals surface area contributed by atoms with E-state index in [1.54, 1.807) is 13.0 Å². The molecule has 0 spiro atoms. The molecular weight excluding hydrogens is 273 g/mol. The van der Waals surface area contributed by atoms with Gasteiger partial charge < -0.3 is 15.2 Å². The largest absolute Gasteiger partial charge is 0.550 e. The first-order valence-corrected chi connectivity index (χ1v) is 6.93. The molecule has 0 unspecified atom stereocenters. The maximum atomic E-state index is 13.3. The second-order valence-electron chi connectivity index (χ2n) is 5.77. The average Bonchev–Trinajstić information content (AvgIpc) is 3.03. The molecule has 1 aromatic carbocycles. The van der Waals surface area contributed by atoms with Crippen molar-refractivity contribution in [1.82, 2.24) is 0 Å². The van der Waals surface area contributed by atoms with Crippen LogP contribution in [0.15, 0.2) is 30.4 Å². The lowest BCUT2D eigenvalue weighted by atomic mass is 9.82. The van der Waals surface area contributed by atoms with Gasteiger partial charge in [0.05, 0.1) is 5.92 Å². The molecule has 1 saturated carbocycles. The van der Waals surface area contributed by atoms with E-state index >= 15 is 0 Å². The third-order valence-corrected chi connectivity index (χ3v) is 4.49. The van der Waals surface area contributed by atoms with Crippen LogP contribution in [0.5, 0.6) is 0 Å². The zero-order chi connectivity index (χ0) is 15.1. The number of benzene rings is 1. The molecule has 1 amide bonds. The highest BCUT2D eigenvalue weighted by atomic mass is 19.1. The average molecular weight is 288 g/mol. The van der Waals surface area contributed by atoms with Crippen LogP contribution in [0, 0.1) is 36.4 Å². The fourth-order valence-electron chi connectivity index (χ4n) is 3.45. The molecule has 5 heteroatoms. The van der Waals surface area contributed by atoms with Crippen molar-refractivity contribution in [3.8, 4) is 0 Å². The molecule has 0 aliphatic heterocycles. The molecule has 4 nitrogen and oxygen atoms in total. The number of carbonyl (C=O) groups excluding carboxylic acids is 2. The molecule has 0 heterocycles. The molecule has 0 saturated heterocycles. The molecule has 4 atom stereocenters. The van der Waals surface area contributed by atoms with Crippen LogP contribution in [0.1, 0.15) is 12.0 Å². The van der Waals surface area contributed by atoms with Crippen LogP contribution in [0.25, 0.3) is 0 Å². The fourth-order valence-corrected chi connectivity index (χ4v) is 3.45. The van der Waals surface area contributed by atoms with Gasteiger partial charge in [-0.25, -0.2) is 4.39 Å². The van der Waals surface area contributed by atoms with Crippen molar-refractivity contribution in [3.63, 3.8) is 0 Å². The number of amides is 1. The van der Waals surface area contributed by atoms with E-state index in [1.165, 1.54) is 12.1 Å². The van der Waals surface area contributed by atoms with E-state index in [9.17, 15) is 19.1 Å². The molecule has 2 aliphatic rings. The molecule has 2 bridgehead atoms. The van der Waals surface area contributed by atoms with Crippen LogP contribution in [0.2, 0.25) is 0 Å². The molecule has 0 aromatic heterocycles. The van der Waals surface area contributed by atoms with Gasteiger partial charge in [0.1, 0.15) is 5.82 Å². The Morgan fingerprint density at radius 1 is 1.24 bits per heavy atom. The number of hydrogen-bond acceptors (Lipinski definition) is 3. The van der Waals surface area contributed by atoms with E-state index in [0.717, 1.165) is 5.56 Å². The number of hydrogen-bond donors (Lipinski definition) is 1. The summed E-state index contributed by atoms with van der Waals surface area (Å²) in [7, 11) is 0. The van der Waals surface area contributed by atoms with Gasteiger partial charge >= 0.3 is 0 Å². The van der Waals surface area contributed by atoms with Crippen molar-refractivity contribution in [2.75, 3.05) is 5.32 Å². The summed E-state index contributed by atoms with van der Waals surface area (Å²) >= 11 is 0. The zero-order valence-electron chi connectivity index (χ0n) is 11.5. The van der Waals surface area contributed by atoms with Crippen molar-refractivity contribution in [3.05, 3.63) is 41.7 Å². The predicted molar refractivity (Wildman–Crippen MR) is 72.5 cm³/mol. The smallest absolute Gasteiger partial charge is 0.228 e. The minimum Gasteiger partial charge on any atom is -0.550 e. The van der Waals surface area contributed by atoms with Gasteiger partial charge in [-0.05, 0) is 42.9 Å². The molecule has 0 radical (unpaired) electrons. The van der Waals surface area contributed by atoms with E-state index in [2.05, 4.69) is 5.32 Å². The highest BCUT2D eigenvalue weighted by Crippen LogP contribution is 2.48. The quantitative estimate of drug-likeness (QED) is 0.851. The summed E-state index contributed by atoms with van der Waals surface area (Å²) in [6.07, 6.45) is 4.41. The number of allylic oxidation sites excluding steroid dienone is 2. The van der Waals surface area contributed by atoms with Crippen molar-refractivity contribution >= 4 is 17.6 Å². The predicted octanol–water partition coefficient (Wildman–Crippen LogP) is 1.26. The maximum absolute atomic E-state index is 13.3. The molecule has 3 rings (SSSR count). The van der Waals surface area contributed by atoms with Crippen LogP contribution in [0.4, 0.5) is 10.1 Å². The third-order valence-electron chi connectivity index (χ3n) is 4.49. The number of nitrogens with one attached hydrogen (secondary N) is 1. The number of halogens is 1.